The van der Waals surface area contributed by atoms with Crippen molar-refractivity contribution in [3.05, 3.63) is 205 Å². The van der Waals surface area contributed by atoms with Gasteiger partial charge in [0.1, 0.15) is 0 Å². The minimum Gasteiger partial charge on any atom is -0.310 e. The van der Waals surface area contributed by atoms with E-state index in [9.17, 15) is 0 Å². The number of hydrogen-bond donors (Lipinski definition) is 0. The van der Waals surface area contributed by atoms with Crippen molar-refractivity contribution in [2.75, 3.05) is 0 Å². The summed E-state index contributed by atoms with van der Waals surface area (Å²) in [4.78, 5) is 0. The minimum atomic E-state index is 1.04. The summed E-state index contributed by atoms with van der Waals surface area (Å²) in [6, 6.07) is 60.5. The number of fused-ring (bicyclic) bond motifs is 6. The third-order valence-corrected chi connectivity index (χ3v) is 11.8. The van der Waals surface area contributed by atoms with E-state index in [1.165, 1.54) is 99.9 Å². The van der Waals surface area contributed by atoms with Gasteiger partial charge in [-0.15, -0.1) is 0 Å². The van der Waals surface area contributed by atoms with Crippen molar-refractivity contribution in [1.82, 2.24) is 9.13 Å². The van der Waals surface area contributed by atoms with Gasteiger partial charge in [-0.1, -0.05) is 127 Å². The van der Waals surface area contributed by atoms with Crippen molar-refractivity contribution >= 4 is 44.4 Å². The van der Waals surface area contributed by atoms with Gasteiger partial charge in [0.25, 0.3) is 0 Å². The van der Waals surface area contributed by atoms with Gasteiger partial charge in [0.15, 0.2) is 0 Å². The number of benzene rings is 7. The van der Waals surface area contributed by atoms with Gasteiger partial charge in [0.05, 0.1) is 16.6 Å². The van der Waals surface area contributed by atoms with Crippen LogP contribution in [0.2, 0.25) is 0 Å². The van der Waals surface area contributed by atoms with E-state index < -0.39 is 0 Å². The molecule has 2 aliphatic carbocycles. The van der Waals surface area contributed by atoms with E-state index in [1.807, 2.05) is 0 Å². The van der Waals surface area contributed by atoms with E-state index >= 15 is 0 Å². The number of rotatable bonds is 6. The van der Waals surface area contributed by atoms with Crippen LogP contribution in [0.25, 0.3) is 89.1 Å². The fourth-order valence-corrected chi connectivity index (χ4v) is 9.09. The van der Waals surface area contributed by atoms with Crippen LogP contribution in [0.4, 0.5) is 0 Å². The molecule has 2 nitrogen and oxygen atoms in total. The highest BCUT2D eigenvalue weighted by Crippen LogP contribution is 2.40. The highest BCUT2D eigenvalue weighted by atomic mass is 15.0. The largest absolute Gasteiger partial charge is 0.310 e. The molecule has 266 valence electrons. The second-order valence-electron chi connectivity index (χ2n) is 15.1. The molecule has 0 fully saturated rings. The number of aromatic nitrogens is 2. The van der Waals surface area contributed by atoms with Crippen molar-refractivity contribution < 1.29 is 0 Å². The van der Waals surface area contributed by atoms with Crippen LogP contribution in [0, 0.1) is 0 Å². The second-order valence-corrected chi connectivity index (χ2v) is 15.1. The van der Waals surface area contributed by atoms with Crippen molar-refractivity contribution in [2.24, 2.45) is 0 Å². The summed E-state index contributed by atoms with van der Waals surface area (Å²) >= 11 is 0. The molecule has 0 amide bonds. The van der Waals surface area contributed by atoms with E-state index in [2.05, 4.69) is 203 Å². The molecule has 0 saturated heterocycles. The first-order valence-corrected chi connectivity index (χ1v) is 19.9. The lowest BCUT2D eigenvalue weighted by molar-refractivity contribution is 0.967. The van der Waals surface area contributed by atoms with E-state index in [0.29, 0.717) is 0 Å². The maximum atomic E-state index is 2.51. The predicted molar refractivity (Wildman–Crippen MR) is 238 cm³/mol. The summed E-state index contributed by atoms with van der Waals surface area (Å²) in [6.45, 7) is 0. The molecule has 2 heteroatoms. The molecule has 0 radical (unpaired) electrons. The summed E-state index contributed by atoms with van der Waals surface area (Å²) in [5, 5.41) is 3.87. The molecule has 7 aromatic carbocycles. The Balaban J connectivity index is 1.04. The summed E-state index contributed by atoms with van der Waals surface area (Å²) < 4.78 is 4.92. The Hall–Kier alpha value is -6.90. The zero-order valence-electron chi connectivity index (χ0n) is 31.2. The van der Waals surface area contributed by atoms with E-state index in [0.717, 1.165) is 25.7 Å². The summed E-state index contributed by atoms with van der Waals surface area (Å²) in [7, 11) is 0. The van der Waals surface area contributed by atoms with Gasteiger partial charge >= 0.3 is 0 Å². The van der Waals surface area contributed by atoms with Gasteiger partial charge in [-0.2, -0.15) is 0 Å². The molecule has 0 unspecified atom stereocenters. The summed E-state index contributed by atoms with van der Waals surface area (Å²) in [5.74, 6) is 0. The summed E-state index contributed by atoms with van der Waals surface area (Å²) in [6.07, 6.45) is 16.0. The number of nitrogens with zero attached hydrogens (tertiary/aromatic N) is 2. The first-order chi connectivity index (χ1) is 27.8. The van der Waals surface area contributed by atoms with Crippen molar-refractivity contribution in [3.63, 3.8) is 0 Å². The smallest absolute Gasteiger partial charge is 0.0541 e. The predicted octanol–water partition coefficient (Wildman–Crippen LogP) is 14.4. The number of aryl methyl sites for hydroxylation is 1. The third kappa shape index (κ3) is 5.48. The lowest BCUT2D eigenvalue weighted by Gasteiger charge is -2.17. The van der Waals surface area contributed by atoms with Gasteiger partial charge in [0.2, 0.25) is 0 Å². The molecule has 0 bridgehead atoms. The molecule has 56 heavy (non-hydrogen) atoms. The number of allylic oxidation sites excluding steroid dienone is 5. The average Bonchev–Trinajstić information content (AvgIpc) is 3.79. The molecule has 0 atom stereocenters. The van der Waals surface area contributed by atoms with Crippen LogP contribution in [-0.4, -0.2) is 9.13 Å². The molecule has 0 spiro atoms. The van der Waals surface area contributed by atoms with Crippen LogP contribution in [0.3, 0.4) is 0 Å². The zero-order valence-corrected chi connectivity index (χ0v) is 31.2. The van der Waals surface area contributed by atoms with Crippen LogP contribution >= 0.6 is 0 Å². The monoisotopic (exact) mass is 716 g/mol. The van der Waals surface area contributed by atoms with Crippen molar-refractivity contribution in [3.8, 4) is 44.8 Å². The maximum absolute atomic E-state index is 2.51. The Kier molecular flexibility index (Phi) is 7.81. The first-order valence-electron chi connectivity index (χ1n) is 19.9. The topological polar surface area (TPSA) is 9.86 Å². The molecular weight excluding hydrogens is 677 g/mol. The van der Waals surface area contributed by atoms with Crippen LogP contribution < -0.4 is 0 Å². The molecule has 0 N–H and O–H groups in total. The quantitative estimate of drug-likeness (QED) is 0.162. The molecule has 11 rings (SSSR count). The van der Waals surface area contributed by atoms with Crippen LogP contribution in [0.5, 0.6) is 0 Å². The van der Waals surface area contributed by atoms with Gasteiger partial charge in [-0.05, 0) is 143 Å². The van der Waals surface area contributed by atoms with Gasteiger partial charge in [-0.25, -0.2) is 0 Å². The highest BCUT2D eigenvalue weighted by molar-refractivity contribution is 6.10. The number of para-hydroxylation sites is 1. The van der Waals surface area contributed by atoms with Gasteiger partial charge in [0, 0.05) is 33.2 Å². The van der Waals surface area contributed by atoms with Crippen LogP contribution in [0.15, 0.2) is 188 Å². The Morgan fingerprint density at radius 2 is 0.964 bits per heavy atom. The normalized spacial score (nSPS) is 13.8. The molecule has 9 aromatic rings. The Labute approximate surface area is 327 Å². The molecular formula is C54H40N2. The zero-order chi connectivity index (χ0) is 37.0. The van der Waals surface area contributed by atoms with E-state index in [1.54, 1.807) is 0 Å². The van der Waals surface area contributed by atoms with E-state index in [-0.39, 0.29) is 0 Å². The average molecular weight is 717 g/mol. The van der Waals surface area contributed by atoms with Crippen molar-refractivity contribution in [1.29, 1.82) is 0 Å². The molecule has 0 saturated carbocycles. The van der Waals surface area contributed by atoms with Crippen molar-refractivity contribution in [2.45, 2.75) is 25.7 Å². The Morgan fingerprint density at radius 1 is 0.357 bits per heavy atom. The lowest BCUT2D eigenvalue weighted by atomic mass is 9.95. The minimum absolute atomic E-state index is 1.04. The van der Waals surface area contributed by atoms with Gasteiger partial charge < -0.3 is 9.13 Å². The maximum Gasteiger partial charge on any atom is 0.0541 e. The van der Waals surface area contributed by atoms with E-state index in [4.69, 9.17) is 0 Å². The Morgan fingerprint density at radius 3 is 1.71 bits per heavy atom. The lowest BCUT2D eigenvalue weighted by Crippen LogP contribution is -2.02. The SMILES string of the molecule is C1=CC(c2cc(-c3ccccc3)cc(-n3c4c(c5cc(-c6ccc7c(c6)c6ccccc6n7-c6ccc(-c7ccccc7)cc6)ccc53)CCC=C4)c2)=CCC1. The number of hydrogen-bond acceptors (Lipinski definition) is 0. The molecule has 2 aliphatic rings. The third-order valence-electron chi connectivity index (χ3n) is 11.8. The van der Waals surface area contributed by atoms with Crippen LogP contribution in [-0.2, 0) is 6.42 Å². The molecule has 0 aliphatic heterocycles. The van der Waals surface area contributed by atoms with Crippen LogP contribution in [0.1, 0.15) is 36.1 Å². The first kappa shape index (κ1) is 32.5. The molecule has 2 aromatic heterocycles. The van der Waals surface area contributed by atoms with Gasteiger partial charge in [-0.3, -0.25) is 0 Å². The standard InChI is InChI=1S/C54H40N2/c1-4-14-37(15-5-1)40-24-28-45(29-25-40)55-51-22-12-10-20-47(51)49-35-41(26-30-53(49)55)42-27-31-54-50(36-42)48-21-11-13-23-52(48)56(54)46-33-43(38-16-6-2-7-17-38)32-44(34-46)39-18-8-3-9-19-39/h1-2,4-8,10,12-20,22-36H,3,9,11,21H2. The fraction of sp³-hybridized carbons (Fsp3) is 0.0741. The molecule has 2 heterocycles. The Bertz CT molecular complexity index is 3040. The fourth-order valence-electron chi connectivity index (χ4n) is 9.09. The highest BCUT2D eigenvalue weighted by Gasteiger charge is 2.21. The summed E-state index contributed by atoms with van der Waals surface area (Å²) in [5.41, 5.74) is 18.8. The second kappa shape index (κ2) is 13.4.